The molecule has 0 atom stereocenters. The maximum absolute atomic E-state index is 12.1. The first kappa shape index (κ1) is 13.5. The standard InChI is InChI=1S/C12H19N3O2S/c1-13-10-4-6-11(7-5-10)15-18(16,17)12-3-2-8-14-9-12/h2-3,8-11,13,15H,4-7H2,1H3. The third-order valence-electron chi connectivity index (χ3n) is 3.40. The molecule has 0 saturated heterocycles. The van der Waals surface area contributed by atoms with Crippen LogP contribution >= 0.6 is 0 Å². The van der Waals surface area contributed by atoms with Gasteiger partial charge in [0.15, 0.2) is 0 Å². The molecule has 1 aromatic heterocycles. The van der Waals surface area contributed by atoms with Crippen molar-refractivity contribution in [2.24, 2.45) is 0 Å². The van der Waals surface area contributed by atoms with Crippen LogP contribution in [0.15, 0.2) is 29.4 Å². The smallest absolute Gasteiger partial charge is 0.242 e. The molecule has 1 aliphatic rings. The molecule has 0 radical (unpaired) electrons. The van der Waals surface area contributed by atoms with E-state index in [1.807, 2.05) is 7.05 Å². The predicted molar refractivity (Wildman–Crippen MR) is 69.7 cm³/mol. The van der Waals surface area contributed by atoms with Crippen molar-refractivity contribution in [3.63, 3.8) is 0 Å². The molecular formula is C12H19N3O2S. The van der Waals surface area contributed by atoms with Crippen molar-refractivity contribution in [2.45, 2.75) is 42.7 Å². The lowest BCUT2D eigenvalue weighted by Crippen LogP contribution is -2.41. The van der Waals surface area contributed by atoms with Gasteiger partial charge in [-0.25, -0.2) is 13.1 Å². The van der Waals surface area contributed by atoms with E-state index in [1.54, 1.807) is 18.3 Å². The highest BCUT2D eigenvalue weighted by atomic mass is 32.2. The van der Waals surface area contributed by atoms with Crippen molar-refractivity contribution in [2.75, 3.05) is 7.05 Å². The Balaban J connectivity index is 1.98. The average molecular weight is 269 g/mol. The van der Waals surface area contributed by atoms with Crippen LogP contribution in [0.4, 0.5) is 0 Å². The highest BCUT2D eigenvalue weighted by Gasteiger charge is 2.24. The first-order valence-corrected chi connectivity index (χ1v) is 7.70. The predicted octanol–water partition coefficient (Wildman–Crippen LogP) is 0.890. The lowest BCUT2D eigenvalue weighted by atomic mass is 9.92. The minimum absolute atomic E-state index is 0.0415. The van der Waals surface area contributed by atoms with Crippen molar-refractivity contribution < 1.29 is 8.42 Å². The zero-order chi connectivity index (χ0) is 13.0. The molecule has 1 aliphatic carbocycles. The lowest BCUT2D eigenvalue weighted by Gasteiger charge is -2.28. The highest BCUT2D eigenvalue weighted by molar-refractivity contribution is 7.89. The molecule has 1 saturated carbocycles. The van der Waals surface area contributed by atoms with E-state index in [1.165, 1.54) is 6.20 Å². The molecule has 1 heterocycles. The zero-order valence-corrected chi connectivity index (χ0v) is 11.3. The second kappa shape index (κ2) is 5.77. The van der Waals surface area contributed by atoms with Crippen LogP contribution in [0, 0.1) is 0 Å². The van der Waals surface area contributed by atoms with Gasteiger partial charge in [0.05, 0.1) is 0 Å². The molecule has 0 amide bonds. The molecule has 1 aromatic rings. The van der Waals surface area contributed by atoms with Crippen LogP contribution in [-0.4, -0.2) is 32.5 Å². The molecule has 6 heteroatoms. The van der Waals surface area contributed by atoms with Crippen LogP contribution in [0.1, 0.15) is 25.7 Å². The summed E-state index contributed by atoms with van der Waals surface area (Å²) in [6.07, 6.45) is 6.72. The Morgan fingerprint density at radius 2 is 1.89 bits per heavy atom. The average Bonchev–Trinajstić information content (AvgIpc) is 2.40. The number of pyridine rings is 1. The van der Waals surface area contributed by atoms with Gasteiger partial charge in [-0.2, -0.15) is 0 Å². The fourth-order valence-corrected chi connectivity index (χ4v) is 3.56. The summed E-state index contributed by atoms with van der Waals surface area (Å²) >= 11 is 0. The van der Waals surface area contributed by atoms with Crippen molar-refractivity contribution in [3.05, 3.63) is 24.5 Å². The summed E-state index contributed by atoms with van der Waals surface area (Å²) in [7, 11) is -1.47. The second-order valence-corrected chi connectivity index (χ2v) is 6.36. The summed E-state index contributed by atoms with van der Waals surface area (Å²) in [4.78, 5) is 4.08. The van der Waals surface area contributed by atoms with Crippen LogP contribution < -0.4 is 10.0 Å². The molecule has 0 aromatic carbocycles. The summed E-state index contributed by atoms with van der Waals surface area (Å²) < 4.78 is 26.9. The highest BCUT2D eigenvalue weighted by Crippen LogP contribution is 2.20. The first-order valence-electron chi connectivity index (χ1n) is 6.21. The van der Waals surface area contributed by atoms with Gasteiger partial charge in [-0.15, -0.1) is 0 Å². The fraction of sp³-hybridized carbons (Fsp3) is 0.583. The minimum Gasteiger partial charge on any atom is -0.317 e. The van der Waals surface area contributed by atoms with Crippen molar-refractivity contribution in [3.8, 4) is 0 Å². The summed E-state index contributed by atoms with van der Waals surface area (Å²) in [6, 6.07) is 3.75. The van der Waals surface area contributed by atoms with Gasteiger partial charge in [-0.3, -0.25) is 4.98 Å². The van der Waals surface area contributed by atoms with E-state index in [0.717, 1.165) is 25.7 Å². The Bertz CT molecular complexity index is 467. The summed E-state index contributed by atoms with van der Waals surface area (Å²) in [5.41, 5.74) is 0. The number of sulfonamides is 1. The largest absolute Gasteiger partial charge is 0.317 e. The van der Waals surface area contributed by atoms with Gasteiger partial charge in [0.1, 0.15) is 4.90 Å². The third-order valence-corrected chi connectivity index (χ3v) is 4.91. The number of nitrogens with one attached hydrogen (secondary N) is 2. The van der Waals surface area contributed by atoms with Gasteiger partial charge < -0.3 is 5.32 Å². The Labute approximate surface area is 108 Å². The molecule has 0 unspecified atom stereocenters. The minimum atomic E-state index is -3.42. The van der Waals surface area contributed by atoms with Crippen LogP contribution in [-0.2, 0) is 10.0 Å². The maximum atomic E-state index is 12.1. The zero-order valence-electron chi connectivity index (χ0n) is 10.5. The Morgan fingerprint density at radius 1 is 1.22 bits per heavy atom. The van der Waals surface area contributed by atoms with Crippen molar-refractivity contribution in [1.82, 2.24) is 15.0 Å². The number of hydrogen-bond donors (Lipinski definition) is 2. The van der Waals surface area contributed by atoms with Crippen molar-refractivity contribution >= 4 is 10.0 Å². The van der Waals surface area contributed by atoms with Crippen molar-refractivity contribution in [1.29, 1.82) is 0 Å². The second-order valence-electron chi connectivity index (χ2n) is 4.65. The quantitative estimate of drug-likeness (QED) is 0.851. The van der Waals surface area contributed by atoms with Crippen LogP contribution in [0.5, 0.6) is 0 Å². The van der Waals surface area contributed by atoms with Crippen LogP contribution in [0.2, 0.25) is 0 Å². The molecular weight excluding hydrogens is 250 g/mol. The number of nitrogens with zero attached hydrogens (tertiary/aromatic N) is 1. The Kier molecular flexibility index (Phi) is 4.31. The first-order chi connectivity index (χ1) is 8.62. The fourth-order valence-electron chi connectivity index (χ4n) is 2.29. The molecule has 1 fully saturated rings. The molecule has 0 bridgehead atoms. The lowest BCUT2D eigenvalue weighted by molar-refractivity contribution is 0.343. The van der Waals surface area contributed by atoms with Gasteiger partial charge in [0.25, 0.3) is 0 Å². The van der Waals surface area contributed by atoms with E-state index in [9.17, 15) is 8.42 Å². The van der Waals surface area contributed by atoms with E-state index in [-0.39, 0.29) is 10.9 Å². The van der Waals surface area contributed by atoms with Gasteiger partial charge in [-0.05, 0) is 44.9 Å². The number of hydrogen-bond acceptors (Lipinski definition) is 4. The van der Waals surface area contributed by atoms with E-state index in [4.69, 9.17) is 0 Å². The summed E-state index contributed by atoms with van der Waals surface area (Å²) in [6.45, 7) is 0. The third kappa shape index (κ3) is 3.28. The van der Waals surface area contributed by atoms with Gasteiger partial charge in [0, 0.05) is 24.5 Å². The monoisotopic (exact) mass is 269 g/mol. The molecule has 5 nitrogen and oxygen atoms in total. The van der Waals surface area contributed by atoms with Gasteiger partial charge in [-0.1, -0.05) is 0 Å². The van der Waals surface area contributed by atoms with E-state index in [2.05, 4.69) is 15.0 Å². The summed E-state index contributed by atoms with van der Waals surface area (Å²) in [5, 5.41) is 3.23. The van der Waals surface area contributed by atoms with E-state index >= 15 is 0 Å². The summed E-state index contributed by atoms with van der Waals surface area (Å²) in [5.74, 6) is 0. The van der Waals surface area contributed by atoms with Gasteiger partial charge >= 0.3 is 0 Å². The van der Waals surface area contributed by atoms with Crippen LogP contribution in [0.25, 0.3) is 0 Å². The number of aromatic nitrogens is 1. The Hall–Kier alpha value is -0.980. The molecule has 100 valence electrons. The van der Waals surface area contributed by atoms with E-state index < -0.39 is 10.0 Å². The normalized spacial score (nSPS) is 24.9. The molecule has 2 N–H and O–H groups in total. The van der Waals surface area contributed by atoms with Gasteiger partial charge in [0.2, 0.25) is 10.0 Å². The molecule has 0 spiro atoms. The van der Waals surface area contributed by atoms with Crippen LogP contribution in [0.3, 0.4) is 0 Å². The number of rotatable bonds is 4. The molecule has 18 heavy (non-hydrogen) atoms. The SMILES string of the molecule is CNC1CCC(NS(=O)(=O)c2cccnc2)CC1. The van der Waals surface area contributed by atoms with E-state index in [0.29, 0.717) is 6.04 Å². The maximum Gasteiger partial charge on any atom is 0.242 e. The molecule has 2 rings (SSSR count). The Morgan fingerprint density at radius 3 is 2.44 bits per heavy atom. The topological polar surface area (TPSA) is 71.1 Å². The molecule has 0 aliphatic heterocycles.